The van der Waals surface area contributed by atoms with Crippen molar-refractivity contribution in [1.82, 2.24) is 9.88 Å². The number of nitrogens with zero attached hydrogens (tertiary/aromatic N) is 2. The van der Waals surface area contributed by atoms with Gasteiger partial charge >= 0.3 is 0 Å². The molecule has 3 nitrogen and oxygen atoms in total. The molecule has 0 saturated heterocycles. The molecule has 1 aromatic heterocycles. The predicted molar refractivity (Wildman–Crippen MR) is 92.6 cm³/mol. The summed E-state index contributed by atoms with van der Waals surface area (Å²) in [6, 6.07) is 19.8. The lowest BCUT2D eigenvalue weighted by atomic mass is 10.1. The summed E-state index contributed by atoms with van der Waals surface area (Å²) in [5.41, 5.74) is 4.51. The zero-order valence-corrected chi connectivity index (χ0v) is 13.0. The number of hydrogen-bond donors (Lipinski definition) is 1. The lowest BCUT2D eigenvalue weighted by Gasteiger charge is -2.11. The van der Waals surface area contributed by atoms with Crippen molar-refractivity contribution in [1.29, 1.82) is 0 Å². The maximum Gasteiger partial charge on any atom is 0.0703 e. The Labute approximate surface area is 131 Å². The van der Waals surface area contributed by atoms with E-state index in [0.717, 1.165) is 35.2 Å². The average Bonchev–Trinajstić information content (AvgIpc) is 2.54. The van der Waals surface area contributed by atoms with Crippen molar-refractivity contribution in [3.63, 3.8) is 0 Å². The van der Waals surface area contributed by atoms with Gasteiger partial charge in [-0.2, -0.15) is 0 Å². The zero-order chi connectivity index (χ0) is 15.4. The molecule has 0 spiro atoms. The number of aromatic nitrogens is 1. The summed E-state index contributed by atoms with van der Waals surface area (Å²) < 4.78 is 0. The Morgan fingerprint density at radius 2 is 1.82 bits per heavy atom. The number of anilines is 2. The normalized spacial score (nSPS) is 11.0. The van der Waals surface area contributed by atoms with Gasteiger partial charge in [0.25, 0.3) is 0 Å². The predicted octanol–water partition coefficient (Wildman–Crippen LogP) is 3.88. The van der Waals surface area contributed by atoms with Crippen LogP contribution >= 0.6 is 0 Å². The molecule has 1 N–H and O–H groups in total. The van der Waals surface area contributed by atoms with Crippen LogP contribution < -0.4 is 5.32 Å². The Morgan fingerprint density at radius 1 is 1.05 bits per heavy atom. The second kappa shape index (κ2) is 6.58. The van der Waals surface area contributed by atoms with Gasteiger partial charge < -0.3 is 10.2 Å². The number of rotatable bonds is 5. The molecule has 1 radical (unpaired) electrons. The smallest absolute Gasteiger partial charge is 0.0703 e. The van der Waals surface area contributed by atoms with Crippen molar-refractivity contribution in [3.8, 4) is 0 Å². The van der Waals surface area contributed by atoms with Gasteiger partial charge in [0.1, 0.15) is 0 Å². The molecule has 0 bridgehead atoms. The molecule has 22 heavy (non-hydrogen) atoms. The van der Waals surface area contributed by atoms with Crippen LogP contribution in [0.3, 0.4) is 0 Å². The molecular formula is C19H20N3. The summed E-state index contributed by atoms with van der Waals surface area (Å²) in [7, 11) is 4.20. The first kappa shape index (κ1) is 14.5. The van der Waals surface area contributed by atoms with Crippen LogP contribution in [-0.4, -0.2) is 30.5 Å². The highest BCUT2D eigenvalue weighted by molar-refractivity contribution is 5.83. The number of nitrogens with one attached hydrogen (secondary N) is 1. The van der Waals surface area contributed by atoms with Crippen LogP contribution in [0.4, 0.5) is 11.4 Å². The van der Waals surface area contributed by atoms with E-state index in [4.69, 9.17) is 0 Å². The van der Waals surface area contributed by atoms with Crippen LogP contribution in [0, 0.1) is 6.07 Å². The van der Waals surface area contributed by atoms with Crippen LogP contribution in [0.25, 0.3) is 10.9 Å². The van der Waals surface area contributed by atoms with E-state index >= 15 is 0 Å². The molecular weight excluding hydrogens is 270 g/mol. The van der Waals surface area contributed by atoms with Crippen LogP contribution in [0.1, 0.15) is 5.56 Å². The van der Waals surface area contributed by atoms with Crippen molar-refractivity contribution in [2.75, 3.05) is 26.0 Å². The Morgan fingerprint density at radius 3 is 2.59 bits per heavy atom. The monoisotopic (exact) mass is 290 g/mol. The van der Waals surface area contributed by atoms with Gasteiger partial charge in [0, 0.05) is 35.6 Å². The molecule has 0 aliphatic heterocycles. The molecule has 0 saturated carbocycles. The number of benzene rings is 2. The fourth-order valence-electron chi connectivity index (χ4n) is 2.37. The SMILES string of the molecule is CN(C)CCc1ccc(Nc2ccc3nc[c]cc3c2)cc1. The van der Waals surface area contributed by atoms with Crippen molar-refractivity contribution < 1.29 is 0 Å². The van der Waals surface area contributed by atoms with Gasteiger partial charge in [0.2, 0.25) is 0 Å². The fraction of sp³-hybridized carbons (Fsp3) is 0.211. The molecule has 3 aromatic rings. The number of pyridine rings is 1. The maximum atomic E-state index is 4.29. The van der Waals surface area contributed by atoms with Crippen LogP contribution in [0.15, 0.2) is 54.7 Å². The first-order chi connectivity index (χ1) is 10.7. The van der Waals surface area contributed by atoms with E-state index < -0.39 is 0 Å². The fourth-order valence-corrected chi connectivity index (χ4v) is 2.37. The zero-order valence-electron chi connectivity index (χ0n) is 13.0. The topological polar surface area (TPSA) is 28.2 Å². The molecule has 1 heterocycles. The summed E-state index contributed by atoms with van der Waals surface area (Å²) >= 11 is 0. The highest BCUT2D eigenvalue weighted by Gasteiger charge is 1.99. The third-order valence-electron chi connectivity index (χ3n) is 3.63. The first-order valence-corrected chi connectivity index (χ1v) is 7.47. The van der Waals surface area contributed by atoms with Gasteiger partial charge in [-0.1, -0.05) is 12.1 Å². The lowest BCUT2D eigenvalue weighted by molar-refractivity contribution is 0.413. The molecule has 0 aliphatic carbocycles. The van der Waals surface area contributed by atoms with Crippen molar-refractivity contribution in [2.24, 2.45) is 0 Å². The van der Waals surface area contributed by atoms with Crippen LogP contribution in [0.2, 0.25) is 0 Å². The highest BCUT2D eigenvalue weighted by atomic mass is 15.0. The minimum absolute atomic E-state index is 0.989. The lowest BCUT2D eigenvalue weighted by Crippen LogP contribution is -2.14. The van der Waals surface area contributed by atoms with Gasteiger partial charge in [0.15, 0.2) is 0 Å². The van der Waals surface area contributed by atoms with Crippen molar-refractivity contribution in [3.05, 3.63) is 66.4 Å². The molecule has 3 rings (SSSR count). The van der Waals surface area contributed by atoms with Crippen molar-refractivity contribution in [2.45, 2.75) is 6.42 Å². The summed E-state index contributed by atoms with van der Waals surface area (Å²) in [6.07, 6.45) is 2.77. The molecule has 3 heteroatoms. The average molecular weight is 290 g/mol. The molecule has 111 valence electrons. The molecule has 0 atom stereocenters. The van der Waals surface area contributed by atoms with E-state index in [2.05, 4.69) is 71.8 Å². The highest BCUT2D eigenvalue weighted by Crippen LogP contribution is 2.21. The summed E-state index contributed by atoms with van der Waals surface area (Å²) in [6.45, 7) is 1.07. The van der Waals surface area contributed by atoms with E-state index in [1.54, 1.807) is 6.20 Å². The van der Waals surface area contributed by atoms with Crippen LogP contribution in [0.5, 0.6) is 0 Å². The Balaban J connectivity index is 1.71. The van der Waals surface area contributed by atoms with Gasteiger partial charge in [-0.3, -0.25) is 4.98 Å². The van der Waals surface area contributed by atoms with E-state index in [-0.39, 0.29) is 0 Å². The van der Waals surface area contributed by atoms with E-state index in [9.17, 15) is 0 Å². The summed E-state index contributed by atoms with van der Waals surface area (Å²) in [4.78, 5) is 6.49. The Kier molecular flexibility index (Phi) is 4.35. The molecule has 0 aliphatic rings. The standard InChI is InChI=1S/C19H20N3/c1-22(2)13-11-15-5-7-17(8-6-15)21-18-9-10-19-16(14-18)4-3-12-20-19/h4-10,12,14,21H,11,13H2,1-2H3. The Bertz CT molecular complexity index is 748. The summed E-state index contributed by atoms with van der Waals surface area (Å²) in [5.74, 6) is 0. The second-order valence-electron chi connectivity index (χ2n) is 5.72. The summed E-state index contributed by atoms with van der Waals surface area (Å²) in [5, 5.41) is 4.53. The van der Waals surface area contributed by atoms with Crippen LogP contribution in [-0.2, 0) is 6.42 Å². The minimum Gasteiger partial charge on any atom is -0.356 e. The van der Waals surface area contributed by atoms with Gasteiger partial charge in [0.05, 0.1) is 5.52 Å². The first-order valence-electron chi connectivity index (χ1n) is 7.47. The van der Waals surface area contributed by atoms with Gasteiger partial charge in [-0.15, -0.1) is 0 Å². The third kappa shape index (κ3) is 3.62. The van der Waals surface area contributed by atoms with Gasteiger partial charge in [-0.25, -0.2) is 0 Å². The molecule has 0 fully saturated rings. The molecule has 2 aromatic carbocycles. The van der Waals surface area contributed by atoms with Crippen molar-refractivity contribution >= 4 is 22.3 Å². The number of likely N-dealkylation sites (N-methyl/N-ethyl adjacent to an activating group) is 1. The Hall–Kier alpha value is -2.39. The van der Waals surface area contributed by atoms with E-state index in [1.807, 2.05) is 12.1 Å². The number of fused-ring (bicyclic) bond motifs is 1. The maximum absolute atomic E-state index is 4.29. The second-order valence-corrected chi connectivity index (χ2v) is 5.72. The minimum atomic E-state index is 0.989. The number of hydrogen-bond acceptors (Lipinski definition) is 3. The quantitative estimate of drug-likeness (QED) is 0.773. The molecule has 0 unspecified atom stereocenters. The largest absolute Gasteiger partial charge is 0.356 e. The van der Waals surface area contributed by atoms with Gasteiger partial charge in [-0.05, 0) is 62.5 Å². The third-order valence-corrected chi connectivity index (χ3v) is 3.63. The molecule has 0 amide bonds. The van der Waals surface area contributed by atoms with E-state index in [0.29, 0.717) is 0 Å². The van der Waals surface area contributed by atoms with E-state index in [1.165, 1.54) is 5.56 Å².